The molecule has 0 aliphatic carbocycles. The van der Waals surface area contributed by atoms with E-state index < -0.39 is 11.4 Å². The van der Waals surface area contributed by atoms with Crippen LogP contribution in [0.4, 0.5) is 0 Å². The van der Waals surface area contributed by atoms with Crippen LogP contribution < -0.4 is 0 Å². The molecule has 0 aromatic carbocycles. The average Bonchev–Trinajstić information content (AvgIpc) is 2.99. The van der Waals surface area contributed by atoms with Gasteiger partial charge in [-0.3, -0.25) is 0 Å². The monoisotopic (exact) mass is 212 g/mol. The number of hydrogen-bond donors (Lipinski definition) is 1. The second kappa shape index (κ2) is 3.61. The summed E-state index contributed by atoms with van der Waals surface area (Å²) in [7, 11) is 0. The number of carboxylic acids is 1. The lowest BCUT2D eigenvalue weighted by Crippen LogP contribution is -2.27. The second-order valence-corrected chi connectivity index (χ2v) is 4.66. The van der Waals surface area contributed by atoms with Crippen LogP contribution in [0.2, 0.25) is 0 Å². The Morgan fingerprint density at radius 2 is 1.80 bits per heavy atom. The fourth-order valence-electron chi connectivity index (χ4n) is 1.96. The van der Waals surface area contributed by atoms with Crippen LogP contribution in [0.3, 0.4) is 0 Å². The highest BCUT2D eigenvalue weighted by Gasteiger charge is 2.42. The topological polar surface area (TPSA) is 62.4 Å². The zero-order valence-electron chi connectivity index (χ0n) is 8.86. The Bertz CT molecular complexity index is 275. The first kappa shape index (κ1) is 10.6. The Morgan fingerprint density at radius 3 is 2.07 bits per heavy atom. The molecule has 2 rings (SSSR count). The first-order valence-corrected chi connectivity index (χ1v) is 5.17. The molecule has 0 aromatic heterocycles. The van der Waals surface area contributed by atoms with Gasteiger partial charge in [0, 0.05) is 11.0 Å². The summed E-state index contributed by atoms with van der Waals surface area (Å²) >= 11 is 0. The molecule has 0 saturated carbocycles. The second-order valence-electron chi connectivity index (χ2n) is 4.66. The third-order valence-corrected chi connectivity index (χ3v) is 3.15. The Morgan fingerprint density at radius 1 is 1.40 bits per heavy atom. The molecular formula is C11H16O4. The van der Waals surface area contributed by atoms with Gasteiger partial charge >= 0.3 is 5.97 Å². The van der Waals surface area contributed by atoms with Crippen molar-refractivity contribution in [2.75, 3.05) is 13.2 Å². The van der Waals surface area contributed by atoms with Crippen molar-refractivity contribution < 1.29 is 19.4 Å². The Kier molecular flexibility index (Phi) is 2.56. The molecular weight excluding hydrogens is 196 g/mol. The van der Waals surface area contributed by atoms with Crippen LogP contribution in [-0.2, 0) is 14.3 Å². The highest BCUT2D eigenvalue weighted by molar-refractivity contribution is 5.87. The summed E-state index contributed by atoms with van der Waals surface area (Å²) in [6.45, 7) is 7.10. The minimum atomic E-state index is -0.918. The van der Waals surface area contributed by atoms with Crippen molar-refractivity contribution in [1.82, 2.24) is 0 Å². The maximum absolute atomic E-state index is 11.0. The van der Waals surface area contributed by atoms with Gasteiger partial charge in [-0.25, -0.2) is 4.79 Å². The summed E-state index contributed by atoms with van der Waals surface area (Å²) in [6.07, 6.45) is 1.89. The highest BCUT2D eigenvalue weighted by Crippen LogP contribution is 2.42. The van der Waals surface area contributed by atoms with Gasteiger partial charge in [-0.15, -0.1) is 0 Å². The van der Waals surface area contributed by atoms with Crippen LogP contribution in [0.1, 0.15) is 19.8 Å². The van der Waals surface area contributed by atoms with Crippen molar-refractivity contribution in [3.05, 3.63) is 12.2 Å². The van der Waals surface area contributed by atoms with Crippen LogP contribution in [0, 0.1) is 5.41 Å². The van der Waals surface area contributed by atoms with E-state index in [2.05, 4.69) is 6.58 Å². The summed E-state index contributed by atoms with van der Waals surface area (Å²) < 4.78 is 10.3. The lowest BCUT2D eigenvalue weighted by Gasteiger charge is -2.28. The summed E-state index contributed by atoms with van der Waals surface area (Å²) in [4.78, 5) is 11.0. The maximum Gasteiger partial charge on any atom is 0.331 e. The first-order valence-electron chi connectivity index (χ1n) is 5.17. The molecule has 4 nitrogen and oxygen atoms in total. The summed E-state index contributed by atoms with van der Waals surface area (Å²) in [5.41, 5.74) is -0.123. The van der Waals surface area contributed by atoms with Gasteiger partial charge in [-0.2, -0.15) is 0 Å². The summed E-state index contributed by atoms with van der Waals surface area (Å²) in [6, 6.07) is 0. The molecule has 0 aromatic rings. The van der Waals surface area contributed by atoms with E-state index >= 15 is 0 Å². The molecule has 2 unspecified atom stereocenters. The number of ether oxygens (including phenoxy) is 2. The van der Waals surface area contributed by atoms with Crippen molar-refractivity contribution in [3.63, 3.8) is 0 Å². The molecule has 84 valence electrons. The van der Waals surface area contributed by atoms with Gasteiger partial charge in [0.15, 0.2) is 0 Å². The lowest BCUT2D eigenvalue weighted by molar-refractivity contribution is -0.134. The van der Waals surface area contributed by atoms with Crippen LogP contribution >= 0.6 is 0 Å². The van der Waals surface area contributed by atoms with Crippen molar-refractivity contribution >= 4 is 5.97 Å². The van der Waals surface area contributed by atoms with E-state index in [9.17, 15) is 4.79 Å². The predicted octanol–water partition coefficient (Wildman–Crippen LogP) is 1.21. The molecule has 15 heavy (non-hydrogen) atoms. The molecule has 2 fully saturated rings. The Hall–Kier alpha value is -0.870. The van der Waals surface area contributed by atoms with Gasteiger partial charge in [0.2, 0.25) is 0 Å². The Balaban J connectivity index is 2.03. The van der Waals surface area contributed by atoms with Gasteiger partial charge in [0.1, 0.15) is 0 Å². The first-order chi connectivity index (χ1) is 7.01. The molecule has 0 bridgehead atoms. The normalized spacial score (nSPS) is 31.8. The lowest BCUT2D eigenvalue weighted by atomic mass is 9.75. The van der Waals surface area contributed by atoms with Crippen molar-refractivity contribution in [2.24, 2.45) is 5.41 Å². The molecule has 0 radical (unpaired) electrons. The quantitative estimate of drug-likeness (QED) is 0.531. The van der Waals surface area contributed by atoms with Crippen LogP contribution in [0.25, 0.3) is 0 Å². The smallest absolute Gasteiger partial charge is 0.331 e. The van der Waals surface area contributed by atoms with Gasteiger partial charge < -0.3 is 14.6 Å². The van der Waals surface area contributed by atoms with E-state index in [4.69, 9.17) is 14.6 Å². The SMILES string of the molecule is C=C(C(=O)O)C(C)(CC1CO1)CC1CO1. The predicted molar refractivity (Wildman–Crippen MR) is 53.6 cm³/mol. The van der Waals surface area contributed by atoms with Crippen LogP contribution in [0.5, 0.6) is 0 Å². The fourth-order valence-corrected chi connectivity index (χ4v) is 1.96. The standard InChI is InChI=1S/C11H16O4/c1-7(10(12)13)11(2,3-8-5-14-8)4-9-6-15-9/h8-9H,1,3-6H2,2H3,(H,12,13). The minimum Gasteiger partial charge on any atom is -0.478 e. The van der Waals surface area contributed by atoms with Gasteiger partial charge in [0.25, 0.3) is 0 Å². The van der Waals surface area contributed by atoms with Crippen molar-refractivity contribution in [2.45, 2.75) is 32.0 Å². The maximum atomic E-state index is 11.0. The van der Waals surface area contributed by atoms with E-state index in [0.717, 1.165) is 26.1 Å². The largest absolute Gasteiger partial charge is 0.478 e. The third kappa shape index (κ3) is 2.58. The molecule has 1 N–H and O–H groups in total. The summed E-state index contributed by atoms with van der Waals surface area (Å²) in [5, 5.41) is 9.00. The molecule has 2 atom stereocenters. The minimum absolute atomic E-state index is 0.213. The summed E-state index contributed by atoms with van der Waals surface area (Å²) in [5.74, 6) is -0.918. The van der Waals surface area contributed by atoms with E-state index in [-0.39, 0.29) is 17.8 Å². The zero-order chi connectivity index (χ0) is 11.1. The number of carbonyl (C=O) groups is 1. The molecule has 0 amide bonds. The average molecular weight is 212 g/mol. The number of epoxide rings is 2. The Labute approximate surface area is 88.9 Å². The van der Waals surface area contributed by atoms with E-state index in [1.807, 2.05) is 6.92 Å². The third-order valence-electron chi connectivity index (χ3n) is 3.15. The van der Waals surface area contributed by atoms with E-state index in [1.54, 1.807) is 0 Å². The number of rotatable bonds is 6. The molecule has 2 aliphatic rings. The van der Waals surface area contributed by atoms with E-state index in [0.29, 0.717) is 0 Å². The van der Waals surface area contributed by atoms with Gasteiger partial charge in [-0.05, 0) is 12.8 Å². The number of aliphatic carboxylic acids is 1. The molecule has 2 aliphatic heterocycles. The molecule has 0 spiro atoms. The molecule has 2 saturated heterocycles. The van der Waals surface area contributed by atoms with Gasteiger partial charge in [0.05, 0.1) is 25.4 Å². The van der Waals surface area contributed by atoms with Gasteiger partial charge in [-0.1, -0.05) is 13.5 Å². The molecule has 2 heterocycles. The van der Waals surface area contributed by atoms with Crippen molar-refractivity contribution in [3.8, 4) is 0 Å². The number of hydrogen-bond acceptors (Lipinski definition) is 3. The molecule has 4 heteroatoms. The fraction of sp³-hybridized carbons (Fsp3) is 0.727. The van der Waals surface area contributed by atoms with Crippen LogP contribution in [-0.4, -0.2) is 36.5 Å². The van der Waals surface area contributed by atoms with E-state index in [1.165, 1.54) is 0 Å². The van der Waals surface area contributed by atoms with Crippen molar-refractivity contribution in [1.29, 1.82) is 0 Å². The zero-order valence-corrected chi connectivity index (χ0v) is 8.86. The highest BCUT2D eigenvalue weighted by atomic mass is 16.6. The number of carboxylic acid groups (broad SMARTS) is 1. The van der Waals surface area contributed by atoms with Crippen LogP contribution in [0.15, 0.2) is 12.2 Å².